The maximum absolute atomic E-state index is 13.6. The van der Waals surface area contributed by atoms with E-state index in [1.54, 1.807) is 24.3 Å². The van der Waals surface area contributed by atoms with Gasteiger partial charge in [0.15, 0.2) is 0 Å². The zero-order valence-electron chi connectivity index (χ0n) is 16.8. The van der Waals surface area contributed by atoms with Gasteiger partial charge in [0.25, 0.3) is 11.6 Å². The number of hydrazone groups is 1. The number of nitro groups is 1. The summed E-state index contributed by atoms with van der Waals surface area (Å²) in [5, 5.41) is 17.8. The molecule has 1 saturated heterocycles. The highest BCUT2D eigenvalue weighted by atomic mass is 35.5. The molecule has 0 bridgehead atoms. The molecule has 3 aromatic rings. The molecule has 2 heterocycles. The molecule has 0 N–H and O–H groups in total. The lowest BCUT2D eigenvalue weighted by atomic mass is 9.92. The zero-order chi connectivity index (χ0) is 23.3. The van der Waals surface area contributed by atoms with Crippen LogP contribution in [0.2, 0.25) is 10.0 Å². The fourth-order valence-corrected chi connectivity index (χ4v) is 4.64. The first kappa shape index (κ1) is 21.1. The first-order valence-corrected chi connectivity index (χ1v) is 10.6. The van der Waals surface area contributed by atoms with E-state index in [9.17, 15) is 19.7 Å². The summed E-state index contributed by atoms with van der Waals surface area (Å²) < 4.78 is 0. The van der Waals surface area contributed by atoms with Gasteiger partial charge in [-0.3, -0.25) is 24.7 Å². The number of anilines is 2. The second-order valence-corrected chi connectivity index (χ2v) is 8.40. The Morgan fingerprint density at radius 2 is 1.48 bits per heavy atom. The van der Waals surface area contributed by atoms with Crippen molar-refractivity contribution >= 4 is 57.8 Å². The van der Waals surface area contributed by atoms with Crippen molar-refractivity contribution in [3.05, 3.63) is 98.5 Å². The quantitative estimate of drug-likeness (QED) is 0.306. The second-order valence-electron chi connectivity index (χ2n) is 7.53. The van der Waals surface area contributed by atoms with E-state index in [4.69, 9.17) is 23.2 Å². The highest BCUT2D eigenvalue weighted by Crippen LogP contribution is 2.40. The van der Waals surface area contributed by atoms with E-state index in [0.29, 0.717) is 27.0 Å². The van der Waals surface area contributed by atoms with Gasteiger partial charge in [-0.05, 0) is 48.0 Å². The van der Waals surface area contributed by atoms with Gasteiger partial charge < -0.3 is 0 Å². The van der Waals surface area contributed by atoms with Crippen LogP contribution in [0.5, 0.6) is 0 Å². The Hall–Kier alpha value is -3.75. The van der Waals surface area contributed by atoms with Crippen molar-refractivity contribution in [2.45, 2.75) is 6.04 Å². The number of para-hydroxylation sites is 1. The van der Waals surface area contributed by atoms with Gasteiger partial charge in [-0.2, -0.15) is 5.10 Å². The maximum Gasteiger partial charge on any atom is 0.269 e. The lowest BCUT2D eigenvalue weighted by molar-refractivity contribution is -0.384. The van der Waals surface area contributed by atoms with Gasteiger partial charge in [-0.15, -0.1) is 0 Å². The molecule has 8 nitrogen and oxygen atoms in total. The first-order valence-electron chi connectivity index (χ1n) is 9.86. The predicted molar refractivity (Wildman–Crippen MR) is 125 cm³/mol. The molecule has 0 unspecified atom stereocenters. The Morgan fingerprint density at radius 3 is 2.09 bits per heavy atom. The molecule has 0 spiro atoms. The van der Waals surface area contributed by atoms with Gasteiger partial charge in [0, 0.05) is 22.2 Å². The van der Waals surface area contributed by atoms with E-state index in [2.05, 4.69) is 5.10 Å². The van der Waals surface area contributed by atoms with Gasteiger partial charge >= 0.3 is 0 Å². The van der Waals surface area contributed by atoms with E-state index < -0.39 is 28.7 Å². The van der Waals surface area contributed by atoms with E-state index in [0.717, 1.165) is 4.90 Å². The minimum atomic E-state index is -0.914. The number of carbonyl (C=O) groups excluding carboxylic acids is 2. The van der Waals surface area contributed by atoms with Crippen molar-refractivity contribution in [2.75, 3.05) is 9.91 Å². The summed E-state index contributed by atoms with van der Waals surface area (Å²) in [6.07, 6.45) is 0. The van der Waals surface area contributed by atoms with Crippen LogP contribution in [0.25, 0.3) is 0 Å². The number of hydrogen-bond acceptors (Lipinski definition) is 6. The highest BCUT2D eigenvalue weighted by molar-refractivity contribution is 6.37. The molecule has 10 heteroatoms. The Labute approximate surface area is 197 Å². The minimum absolute atomic E-state index is 0.0853. The topological polar surface area (TPSA) is 96.1 Å². The summed E-state index contributed by atoms with van der Waals surface area (Å²) in [6.45, 7) is 0. The minimum Gasteiger partial charge on any atom is -0.273 e. The molecule has 5 rings (SSSR count). The Bertz CT molecular complexity index is 1310. The number of hydrogen-bond donors (Lipinski definition) is 0. The molecular weight excluding hydrogens is 467 g/mol. The van der Waals surface area contributed by atoms with Crippen LogP contribution in [0.1, 0.15) is 5.56 Å². The smallest absolute Gasteiger partial charge is 0.269 e. The Morgan fingerprint density at radius 1 is 0.848 bits per heavy atom. The summed E-state index contributed by atoms with van der Waals surface area (Å²) in [5.41, 5.74) is 1.69. The summed E-state index contributed by atoms with van der Waals surface area (Å²) in [7, 11) is 0. The molecule has 1 fully saturated rings. The molecule has 2 aliphatic rings. The number of halogens is 2. The van der Waals surface area contributed by atoms with Crippen LogP contribution in [0.3, 0.4) is 0 Å². The van der Waals surface area contributed by atoms with Crippen LogP contribution in [-0.4, -0.2) is 28.5 Å². The van der Waals surface area contributed by atoms with E-state index in [-0.39, 0.29) is 11.4 Å². The van der Waals surface area contributed by atoms with Crippen LogP contribution in [-0.2, 0) is 9.59 Å². The number of non-ortho nitro benzene ring substituents is 1. The third-order valence-electron chi connectivity index (χ3n) is 5.55. The number of imide groups is 1. The molecule has 0 aliphatic carbocycles. The van der Waals surface area contributed by atoms with Crippen molar-refractivity contribution in [1.82, 2.24) is 0 Å². The van der Waals surface area contributed by atoms with Crippen LogP contribution in [0.4, 0.5) is 17.1 Å². The van der Waals surface area contributed by atoms with Crippen LogP contribution in [0, 0.1) is 16.0 Å². The van der Waals surface area contributed by atoms with Gasteiger partial charge in [-0.25, -0.2) is 4.90 Å². The molecule has 3 aromatic carbocycles. The molecule has 0 radical (unpaired) electrons. The van der Waals surface area contributed by atoms with Crippen LogP contribution < -0.4 is 9.91 Å². The fraction of sp³-hybridized carbons (Fsp3) is 0.0870. The Kier molecular flexibility index (Phi) is 5.11. The lowest BCUT2D eigenvalue weighted by Crippen LogP contribution is -2.39. The largest absolute Gasteiger partial charge is 0.273 e. The Balaban J connectivity index is 1.62. The normalized spacial score (nSPS) is 19.6. The number of benzene rings is 3. The van der Waals surface area contributed by atoms with Crippen molar-refractivity contribution < 1.29 is 14.5 Å². The summed E-state index contributed by atoms with van der Waals surface area (Å²) in [4.78, 5) is 38.7. The lowest BCUT2D eigenvalue weighted by Gasteiger charge is -2.22. The molecular formula is C23H14Cl2N4O4. The molecule has 0 saturated carbocycles. The van der Waals surface area contributed by atoms with Crippen LogP contribution >= 0.6 is 23.2 Å². The van der Waals surface area contributed by atoms with Crippen molar-refractivity contribution in [3.63, 3.8) is 0 Å². The summed E-state index contributed by atoms with van der Waals surface area (Å²) >= 11 is 12.2. The van der Waals surface area contributed by atoms with E-state index in [1.165, 1.54) is 47.5 Å². The predicted octanol–water partition coefficient (Wildman–Crippen LogP) is 4.68. The standard InChI is InChI=1S/C23H14Cl2N4O4/c24-14-10-15(25)12-18(11-14)27-22(30)19-20(13-6-8-17(9-7-13)29(32)33)26-28(21(19)23(27)31)16-4-2-1-3-5-16/h1-12,19,21H/t19-,21-/m1/s1. The third-order valence-corrected chi connectivity index (χ3v) is 5.99. The van der Waals surface area contributed by atoms with Gasteiger partial charge in [0.2, 0.25) is 5.91 Å². The number of fused-ring (bicyclic) bond motifs is 1. The number of nitro benzene ring substituents is 1. The first-order chi connectivity index (χ1) is 15.8. The molecule has 33 heavy (non-hydrogen) atoms. The van der Waals surface area contributed by atoms with Crippen molar-refractivity contribution in [3.8, 4) is 0 Å². The number of rotatable bonds is 4. The third kappa shape index (κ3) is 3.53. The molecule has 2 atom stereocenters. The average Bonchev–Trinajstić information content (AvgIpc) is 3.30. The summed E-state index contributed by atoms with van der Waals surface area (Å²) in [5.74, 6) is -1.84. The number of nitrogens with zero attached hydrogens (tertiary/aromatic N) is 4. The second kappa shape index (κ2) is 7.99. The monoisotopic (exact) mass is 480 g/mol. The van der Waals surface area contributed by atoms with Gasteiger partial charge in [-0.1, -0.05) is 41.4 Å². The van der Waals surface area contributed by atoms with Gasteiger partial charge in [0.1, 0.15) is 12.0 Å². The fourth-order valence-electron chi connectivity index (χ4n) is 4.12. The van der Waals surface area contributed by atoms with Gasteiger partial charge in [0.05, 0.1) is 22.0 Å². The van der Waals surface area contributed by atoms with E-state index >= 15 is 0 Å². The van der Waals surface area contributed by atoms with Crippen LogP contribution in [0.15, 0.2) is 77.9 Å². The average molecular weight is 481 g/mol. The van der Waals surface area contributed by atoms with E-state index in [1.807, 2.05) is 6.07 Å². The highest BCUT2D eigenvalue weighted by Gasteiger charge is 2.57. The molecule has 2 aliphatic heterocycles. The number of carbonyl (C=O) groups is 2. The zero-order valence-corrected chi connectivity index (χ0v) is 18.3. The number of amides is 2. The maximum atomic E-state index is 13.6. The van der Waals surface area contributed by atoms with Crippen molar-refractivity contribution in [2.24, 2.45) is 11.0 Å². The molecule has 0 aromatic heterocycles. The van der Waals surface area contributed by atoms with Crippen molar-refractivity contribution in [1.29, 1.82) is 0 Å². The molecule has 2 amide bonds. The SMILES string of the molecule is O=C1[C@@H]2C(c3ccc([N+](=O)[O-])cc3)=NN(c3ccccc3)[C@H]2C(=O)N1c1cc(Cl)cc(Cl)c1. The summed E-state index contributed by atoms with van der Waals surface area (Å²) in [6, 6.07) is 18.4. The molecule has 164 valence electrons.